The first-order valence-corrected chi connectivity index (χ1v) is 8.16. The molecule has 2 rings (SSSR count). The largest absolute Gasteiger partial charge is 0.495 e. The molecule has 0 aromatic heterocycles. The van der Waals surface area contributed by atoms with E-state index in [9.17, 15) is 0 Å². The molecule has 0 amide bonds. The molecule has 1 aliphatic heterocycles. The number of hydrogen-bond donors (Lipinski definition) is 0. The molecular weight excluding hydrogens is 298 g/mol. The molecule has 1 saturated heterocycles. The molecule has 0 N–H and O–H groups in total. The molecule has 1 fully saturated rings. The van der Waals surface area contributed by atoms with Crippen molar-refractivity contribution < 1.29 is 9.47 Å². The van der Waals surface area contributed by atoms with Crippen LogP contribution < -0.4 is 0 Å². The molecule has 0 spiro atoms. The normalized spacial score (nSPS) is 24.7. The van der Waals surface area contributed by atoms with Crippen molar-refractivity contribution in [3.05, 3.63) is 46.8 Å². The van der Waals surface area contributed by atoms with Gasteiger partial charge in [0.15, 0.2) is 0 Å². The van der Waals surface area contributed by atoms with Crippen LogP contribution in [0.5, 0.6) is 0 Å². The third-order valence-electron chi connectivity index (χ3n) is 4.07. The Hall–Kier alpha value is -1.32. The van der Waals surface area contributed by atoms with E-state index in [1.807, 2.05) is 6.92 Å². The van der Waals surface area contributed by atoms with Gasteiger partial charge >= 0.3 is 0 Å². The SMILES string of the molecule is CN=C(C)/C(OC)=C1/CO[C@@H](C2=CC=C(CCCl)CC=C2)C1. The van der Waals surface area contributed by atoms with Crippen LogP contribution in [0.4, 0.5) is 0 Å². The van der Waals surface area contributed by atoms with E-state index in [0.717, 1.165) is 30.7 Å². The van der Waals surface area contributed by atoms with Crippen molar-refractivity contribution in [1.82, 2.24) is 0 Å². The summed E-state index contributed by atoms with van der Waals surface area (Å²) in [7, 11) is 3.47. The Morgan fingerprint density at radius 1 is 1.45 bits per heavy atom. The maximum atomic E-state index is 5.97. The highest BCUT2D eigenvalue weighted by Gasteiger charge is 2.26. The molecule has 2 aliphatic rings. The lowest BCUT2D eigenvalue weighted by Crippen LogP contribution is -2.07. The standard InChI is InChI=1S/C18H24ClNO2/c1-13(20-2)18(21-3)16-11-17(22-12-16)15-6-4-5-14(7-8-15)9-10-19/h4,6-8,17H,5,9-12H2,1-3H3/b18-16-,20-13?/t17-/m1/s1. The van der Waals surface area contributed by atoms with Crippen molar-refractivity contribution >= 4 is 17.3 Å². The molecule has 120 valence electrons. The second-order valence-corrected chi connectivity index (χ2v) is 5.86. The lowest BCUT2D eigenvalue weighted by molar-refractivity contribution is 0.143. The van der Waals surface area contributed by atoms with Gasteiger partial charge in [0, 0.05) is 24.9 Å². The summed E-state index contributed by atoms with van der Waals surface area (Å²) in [5, 5.41) is 0. The van der Waals surface area contributed by atoms with Crippen LogP contribution >= 0.6 is 11.6 Å². The second-order valence-electron chi connectivity index (χ2n) is 5.49. The van der Waals surface area contributed by atoms with E-state index >= 15 is 0 Å². The predicted octanol–water partition coefficient (Wildman–Crippen LogP) is 4.21. The van der Waals surface area contributed by atoms with Crippen molar-refractivity contribution in [2.75, 3.05) is 26.6 Å². The number of hydrogen-bond acceptors (Lipinski definition) is 3. The van der Waals surface area contributed by atoms with Gasteiger partial charge in [0.2, 0.25) is 0 Å². The van der Waals surface area contributed by atoms with Crippen molar-refractivity contribution in [2.45, 2.75) is 32.3 Å². The van der Waals surface area contributed by atoms with Crippen LogP contribution in [0.15, 0.2) is 51.8 Å². The van der Waals surface area contributed by atoms with Gasteiger partial charge in [0.1, 0.15) is 5.76 Å². The summed E-state index contributed by atoms with van der Waals surface area (Å²) < 4.78 is 11.5. The Morgan fingerprint density at radius 2 is 2.27 bits per heavy atom. The van der Waals surface area contributed by atoms with Crippen LogP contribution in [0.2, 0.25) is 0 Å². The number of rotatable bonds is 5. The van der Waals surface area contributed by atoms with Gasteiger partial charge in [-0.15, -0.1) is 11.6 Å². The van der Waals surface area contributed by atoms with E-state index in [1.165, 1.54) is 16.7 Å². The zero-order chi connectivity index (χ0) is 15.9. The summed E-state index contributed by atoms with van der Waals surface area (Å²) >= 11 is 5.82. The molecule has 1 atom stereocenters. The number of nitrogens with zero attached hydrogens (tertiary/aromatic N) is 1. The van der Waals surface area contributed by atoms with Gasteiger partial charge in [0.05, 0.1) is 25.5 Å². The summed E-state index contributed by atoms with van der Waals surface area (Å²) in [4.78, 5) is 4.21. The summed E-state index contributed by atoms with van der Waals surface area (Å²) in [5.41, 5.74) is 4.67. The zero-order valence-corrected chi connectivity index (χ0v) is 14.3. The topological polar surface area (TPSA) is 30.8 Å². The molecule has 22 heavy (non-hydrogen) atoms. The van der Waals surface area contributed by atoms with Gasteiger partial charge in [-0.25, -0.2) is 0 Å². The number of aliphatic imine (C=N–C) groups is 1. The maximum absolute atomic E-state index is 5.97. The van der Waals surface area contributed by atoms with E-state index in [2.05, 4.69) is 29.3 Å². The Morgan fingerprint density at radius 3 is 2.95 bits per heavy atom. The van der Waals surface area contributed by atoms with Gasteiger partial charge in [-0.3, -0.25) is 4.99 Å². The molecule has 0 aromatic carbocycles. The fourth-order valence-corrected chi connectivity index (χ4v) is 3.01. The van der Waals surface area contributed by atoms with E-state index in [1.54, 1.807) is 14.2 Å². The number of ether oxygens (including phenoxy) is 2. The lowest BCUT2D eigenvalue weighted by atomic mass is 10.0. The quantitative estimate of drug-likeness (QED) is 0.431. The van der Waals surface area contributed by atoms with Gasteiger partial charge in [-0.1, -0.05) is 29.9 Å². The van der Waals surface area contributed by atoms with Gasteiger partial charge in [0.25, 0.3) is 0 Å². The first kappa shape index (κ1) is 17.0. The molecule has 3 nitrogen and oxygen atoms in total. The highest BCUT2D eigenvalue weighted by molar-refractivity contribution is 6.18. The van der Waals surface area contributed by atoms with Gasteiger partial charge < -0.3 is 9.47 Å². The Kier molecular flexibility index (Phi) is 6.47. The highest BCUT2D eigenvalue weighted by atomic mass is 35.5. The lowest BCUT2D eigenvalue weighted by Gasteiger charge is -2.10. The summed E-state index contributed by atoms with van der Waals surface area (Å²) in [6.07, 6.45) is 11.5. The maximum Gasteiger partial charge on any atom is 0.141 e. The molecule has 0 saturated carbocycles. The van der Waals surface area contributed by atoms with Crippen LogP contribution in [-0.4, -0.2) is 38.5 Å². The number of allylic oxidation sites excluding steroid dienone is 5. The number of methoxy groups -OCH3 is 1. The van der Waals surface area contributed by atoms with Crippen LogP contribution in [0, 0.1) is 0 Å². The predicted molar refractivity (Wildman–Crippen MR) is 92.7 cm³/mol. The van der Waals surface area contributed by atoms with E-state index in [4.69, 9.17) is 21.1 Å². The fraction of sp³-hybridized carbons (Fsp3) is 0.500. The van der Waals surface area contributed by atoms with Crippen LogP contribution in [-0.2, 0) is 9.47 Å². The first-order chi connectivity index (χ1) is 10.7. The molecule has 1 aliphatic carbocycles. The Bertz CT molecular complexity index is 555. The molecule has 0 aromatic rings. The van der Waals surface area contributed by atoms with Crippen LogP contribution in [0.3, 0.4) is 0 Å². The van der Waals surface area contributed by atoms with Crippen LogP contribution in [0.1, 0.15) is 26.2 Å². The molecule has 1 heterocycles. The van der Waals surface area contributed by atoms with Crippen LogP contribution in [0.25, 0.3) is 0 Å². The molecular formula is C18H24ClNO2. The Labute approximate surface area is 138 Å². The fourth-order valence-electron chi connectivity index (χ4n) is 2.77. The minimum absolute atomic E-state index is 0.0904. The molecule has 0 bridgehead atoms. The summed E-state index contributed by atoms with van der Waals surface area (Å²) in [6.45, 7) is 2.56. The average molecular weight is 322 g/mol. The smallest absolute Gasteiger partial charge is 0.141 e. The third-order valence-corrected chi connectivity index (χ3v) is 4.26. The monoisotopic (exact) mass is 321 g/mol. The van der Waals surface area contributed by atoms with Crippen molar-refractivity contribution in [3.63, 3.8) is 0 Å². The van der Waals surface area contributed by atoms with Gasteiger partial charge in [-0.2, -0.15) is 0 Å². The summed E-state index contributed by atoms with van der Waals surface area (Å²) in [6, 6.07) is 0. The average Bonchev–Trinajstić information content (AvgIpc) is 2.88. The van der Waals surface area contributed by atoms with E-state index in [0.29, 0.717) is 12.5 Å². The minimum Gasteiger partial charge on any atom is -0.495 e. The number of halogens is 1. The highest BCUT2D eigenvalue weighted by Crippen LogP contribution is 2.29. The second kappa shape index (κ2) is 8.35. The number of alkyl halides is 1. The van der Waals surface area contributed by atoms with Crippen molar-refractivity contribution in [3.8, 4) is 0 Å². The van der Waals surface area contributed by atoms with E-state index in [-0.39, 0.29) is 6.10 Å². The van der Waals surface area contributed by atoms with Crippen molar-refractivity contribution in [1.29, 1.82) is 0 Å². The Balaban J connectivity index is 2.15. The molecule has 4 heteroatoms. The summed E-state index contributed by atoms with van der Waals surface area (Å²) in [5.74, 6) is 1.53. The first-order valence-electron chi connectivity index (χ1n) is 7.63. The molecule has 0 unspecified atom stereocenters. The van der Waals surface area contributed by atoms with Gasteiger partial charge in [-0.05, 0) is 25.3 Å². The third kappa shape index (κ3) is 4.11. The van der Waals surface area contributed by atoms with Crippen molar-refractivity contribution in [2.24, 2.45) is 4.99 Å². The zero-order valence-electron chi connectivity index (χ0n) is 13.6. The minimum atomic E-state index is 0.0904. The van der Waals surface area contributed by atoms with E-state index < -0.39 is 0 Å². The molecule has 0 radical (unpaired) electrons.